The number of nitrogens with one attached hydrogen (secondary N) is 2. The Morgan fingerprint density at radius 1 is 1.24 bits per heavy atom. The highest BCUT2D eigenvalue weighted by atomic mass is 79.9. The molecule has 2 N–H and O–H groups in total. The van der Waals surface area contributed by atoms with E-state index in [2.05, 4.69) is 26.0 Å². The van der Waals surface area contributed by atoms with Gasteiger partial charge in [-0.25, -0.2) is 8.42 Å². The largest absolute Gasteiger partial charge is 0.479 e. The lowest BCUT2D eigenvalue weighted by atomic mass is 10.2. The quantitative estimate of drug-likeness (QED) is 0.785. The summed E-state index contributed by atoms with van der Waals surface area (Å²) in [5, 5.41) is 2.68. The van der Waals surface area contributed by atoms with Crippen molar-refractivity contribution in [2.45, 2.75) is 31.3 Å². The smallest absolute Gasteiger partial charge is 0.265 e. The number of halogens is 1. The lowest BCUT2D eigenvalue weighted by molar-refractivity contribution is -0.122. The molecule has 6 nitrogen and oxygen atoms in total. The van der Waals surface area contributed by atoms with E-state index in [-0.39, 0.29) is 10.8 Å². The van der Waals surface area contributed by atoms with E-state index < -0.39 is 16.1 Å². The number of hydrogen-bond acceptors (Lipinski definition) is 4. The van der Waals surface area contributed by atoms with Gasteiger partial charge >= 0.3 is 0 Å². The van der Waals surface area contributed by atoms with E-state index in [1.54, 1.807) is 19.1 Å². The predicted molar refractivity (Wildman–Crippen MR) is 99.5 cm³/mol. The number of carbonyl (C=O) groups excluding carboxylic acids is 1. The van der Waals surface area contributed by atoms with Crippen molar-refractivity contribution < 1.29 is 17.9 Å². The normalized spacial score (nSPS) is 16.6. The maximum atomic E-state index is 12.7. The summed E-state index contributed by atoms with van der Waals surface area (Å²) in [6, 6.07) is 10.1. The third-order valence-corrected chi connectivity index (χ3v) is 6.21. The monoisotopic (exact) mass is 424 g/mol. The Hall–Kier alpha value is -2.06. The molecule has 0 spiro atoms. The van der Waals surface area contributed by atoms with E-state index >= 15 is 0 Å². The molecule has 0 saturated heterocycles. The molecule has 1 atom stereocenters. The van der Waals surface area contributed by atoms with Crippen LogP contribution in [0.1, 0.15) is 19.4 Å². The van der Waals surface area contributed by atoms with Gasteiger partial charge in [0.15, 0.2) is 6.10 Å². The number of rotatable bonds is 4. The van der Waals surface area contributed by atoms with Crippen LogP contribution in [0.4, 0.5) is 11.4 Å². The third-order valence-electron chi connectivity index (χ3n) is 3.87. The summed E-state index contributed by atoms with van der Waals surface area (Å²) in [6.45, 7) is 3.63. The standard InChI is InChI=1S/C17H17BrN2O4S/c1-3-11-4-6-12(7-5-11)20-25(22,23)16-9-15-14(8-13(16)18)19-17(21)10(2)24-15/h4-10,20H,3H2,1-2H3,(H,19,21). The number of sulfonamides is 1. The molecule has 1 amide bonds. The molecule has 1 unspecified atom stereocenters. The van der Waals surface area contributed by atoms with Crippen molar-refractivity contribution in [2.24, 2.45) is 0 Å². The van der Waals surface area contributed by atoms with Crippen molar-refractivity contribution in [2.75, 3.05) is 10.0 Å². The first-order valence-corrected chi connectivity index (χ1v) is 10.0. The van der Waals surface area contributed by atoms with Crippen LogP contribution in [0, 0.1) is 0 Å². The summed E-state index contributed by atoms with van der Waals surface area (Å²) in [4.78, 5) is 11.7. The highest BCUT2D eigenvalue weighted by Crippen LogP contribution is 2.37. The van der Waals surface area contributed by atoms with Gasteiger partial charge in [0.1, 0.15) is 10.6 Å². The van der Waals surface area contributed by atoms with Crippen LogP contribution in [0.3, 0.4) is 0 Å². The molecule has 132 valence electrons. The molecular weight excluding hydrogens is 408 g/mol. The molecule has 1 heterocycles. The number of benzene rings is 2. The minimum atomic E-state index is -3.82. The number of fused-ring (bicyclic) bond motifs is 1. The van der Waals surface area contributed by atoms with Gasteiger partial charge in [-0.05, 0) is 53.0 Å². The maximum Gasteiger partial charge on any atom is 0.265 e. The molecule has 0 aromatic heterocycles. The number of amides is 1. The topological polar surface area (TPSA) is 84.5 Å². The predicted octanol–water partition coefficient (Wildman–Crippen LogP) is 3.53. The molecule has 2 aromatic carbocycles. The molecular formula is C17H17BrN2O4S. The van der Waals surface area contributed by atoms with Crippen molar-refractivity contribution in [1.82, 2.24) is 0 Å². The Kier molecular flexibility index (Phi) is 4.75. The highest BCUT2D eigenvalue weighted by Gasteiger charge is 2.27. The molecule has 0 saturated carbocycles. The van der Waals surface area contributed by atoms with E-state index in [1.165, 1.54) is 12.1 Å². The summed E-state index contributed by atoms with van der Waals surface area (Å²) in [5.41, 5.74) is 2.03. The van der Waals surface area contributed by atoms with Crippen LogP contribution in [-0.4, -0.2) is 20.4 Å². The Morgan fingerprint density at radius 2 is 1.92 bits per heavy atom. The van der Waals surface area contributed by atoms with Gasteiger partial charge < -0.3 is 10.1 Å². The zero-order valence-corrected chi connectivity index (χ0v) is 16.1. The number of hydrogen-bond donors (Lipinski definition) is 2. The van der Waals surface area contributed by atoms with Crippen LogP contribution < -0.4 is 14.8 Å². The Labute approximate surface area is 154 Å². The molecule has 1 aliphatic rings. The summed E-state index contributed by atoms with van der Waals surface area (Å²) in [6.07, 6.45) is 0.198. The lowest BCUT2D eigenvalue weighted by Crippen LogP contribution is -2.34. The lowest BCUT2D eigenvalue weighted by Gasteiger charge is -2.24. The van der Waals surface area contributed by atoms with Crippen LogP contribution in [0.5, 0.6) is 5.75 Å². The van der Waals surface area contributed by atoms with Crippen molar-refractivity contribution in [3.8, 4) is 5.75 Å². The average molecular weight is 425 g/mol. The van der Waals surface area contributed by atoms with E-state index in [1.807, 2.05) is 19.1 Å². The minimum Gasteiger partial charge on any atom is -0.479 e. The Morgan fingerprint density at radius 3 is 2.56 bits per heavy atom. The SMILES string of the molecule is CCc1ccc(NS(=O)(=O)c2cc3c(cc2Br)NC(=O)C(C)O3)cc1. The van der Waals surface area contributed by atoms with Gasteiger partial charge in [-0.2, -0.15) is 0 Å². The second kappa shape index (κ2) is 6.68. The molecule has 3 rings (SSSR count). The Bertz CT molecular complexity index is 926. The molecule has 2 aromatic rings. The van der Waals surface area contributed by atoms with Crippen LogP contribution in [0.15, 0.2) is 45.8 Å². The zero-order chi connectivity index (χ0) is 18.2. The van der Waals surface area contributed by atoms with Crippen LogP contribution >= 0.6 is 15.9 Å². The molecule has 0 radical (unpaired) electrons. The van der Waals surface area contributed by atoms with Gasteiger partial charge in [0.05, 0.1) is 5.69 Å². The van der Waals surface area contributed by atoms with Gasteiger partial charge in [0.2, 0.25) is 0 Å². The summed E-state index contributed by atoms with van der Waals surface area (Å²) >= 11 is 3.26. The first-order chi connectivity index (χ1) is 11.8. The van der Waals surface area contributed by atoms with Gasteiger partial charge in [-0.15, -0.1) is 0 Å². The molecule has 0 fully saturated rings. The number of aryl methyl sites for hydroxylation is 1. The molecule has 8 heteroatoms. The average Bonchev–Trinajstić information content (AvgIpc) is 2.56. The molecule has 25 heavy (non-hydrogen) atoms. The first kappa shape index (κ1) is 17.8. The Balaban J connectivity index is 1.94. The van der Waals surface area contributed by atoms with Gasteiger partial charge in [-0.1, -0.05) is 19.1 Å². The van der Waals surface area contributed by atoms with E-state index in [0.717, 1.165) is 12.0 Å². The van der Waals surface area contributed by atoms with Crippen molar-refractivity contribution >= 4 is 43.2 Å². The number of ether oxygens (including phenoxy) is 1. The number of anilines is 2. The molecule has 0 bridgehead atoms. The van der Waals surface area contributed by atoms with Gasteiger partial charge in [0, 0.05) is 16.2 Å². The van der Waals surface area contributed by atoms with E-state index in [4.69, 9.17) is 4.74 Å². The highest BCUT2D eigenvalue weighted by molar-refractivity contribution is 9.10. The van der Waals surface area contributed by atoms with Crippen LogP contribution in [0.25, 0.3) is 0 Å². The fourth-order valence-electron chi connectivity index (χ4n) is 2.43. The maximum absolute atomic E-state index is 12.7. The van der Waals surface area contributed by atoms with Gasteiger partial charge in [0.25, 0.3) is 15.9 Å². The van der Waals surface area contributed by atoms with Crippen molar-refractivity contribution in [1.29, 1.82) is 0 Å². The van der Waals surface area contributed by atoms with Crippen molar-refractivity contribution in [3.63, 3.8) is 0 Å². The van der Waals surface area contributed by atoms with E-state index in [9.17, 15) is 13.2 Å². The van der Waals surface area contributed by atoms with Crippen LogP contribution in [-0.2, 0) is 21.2 Å². The first-order valence-electron chi connectivity index (χ1n) is 7.73. The fraction of sp³-hybridized carbons (Fsp3) is 0.235. The molecule has 0 aliphatic carbocycles. The summed E-state index contributed by atoms with van der Waals surface area (Å²) in [5.74, 6) is 0.0427. The number of carbonyl (C=O) groups is 1. The zero-order valence-electron chi connectivity index (χ0n) is 13.7. The fourth-order valence-corrected chi connectivity index (χ4v) is 4.55. The van der Waals surface area contributed by atoms with Crippen molar-refractivity contribution in [3.05, 3.63) is 46.4 Å². The van der Waals surface area contributed by atoms with Crippen LogP contribution in [0.2, 0.25) is 0 Å². The summed E-state index contributed by atoms with van der Waals surface area (Å²) in [7, 11) is -3.82. The second-order valence-electron chi connectivity index (χ2n) is 5.68. The molecule has 1 aliphatic heterocycles. The summed E-state index contributed by atoms with van der Waals surface area (Å²) < 4.78 is 33.8. The van der Waals surface area contributed by atoms with E-state index in [0.29, 0.717) is 21.6 Å². The minimum absolute atomic E-state index is 0.0363. The second-order valence-corrected chi connectivity index (χ2v) is 8.19. The third kappa shape index (κ3) is 3.64. The van der Waals surface area contributed by atoms with Gasteiger partial charge in [-0.3, -0.25) is 9.52 Å².